The smallest absolute Gasteiger partial charge is 0.338 e. The third kappa shape index (κ3) is 7.90. The number of benzene rings is 2. The summed E-state index contributed by atoms with van der Waals surface area (Å²) in [6, 6.07) is 12.4. The lowest BCUT2D eigenvalue weighted by Crippen LogP contribution is -2.13. The van der Waals surface area contributed by atoms with Gasteiger partial charge in [0.05, 0.1) is 0 Å². The van der Waals surface area contributed by atoms with Crippen LogP contribution in [-0.2, 0) is 14.4 Å². The van der Waals surface area contributed by atoms with Gasteiger partial charge in [0.1, 0.15) is 5.75 Å². The zero-order valence-electron chi connectivity index (χ0n) is 22.2. The van der Waals surface area contributed by atoms with Crippen LogP contribution >= 0.6 is 0 Å². The lowest BCUT2D eigenvalue weighted by molar-refractivity contribution is -0.132. The minimum Gasteiger partial charge on any atom is -0.423 e. The van der Waals surface area contributed by atoms with E-state index in [4.69, 9.17) is 14.2 Å². The summed E-state index contributed by atoms with van der Waals surface area (Å²) in [6.07, 6.45) is 2.39. The van der Waals surface area contributed by atoms with Crippen LogP contribution in [0.15, 0.2) is 78.9 Å². The summed E-state index contributed by atoms with van der Waals surface area (Å²) in [7, 11) is 0. The van der Waals surface area contributed by atoms with Gasteiger partial charge in [-0.3, -0.25) is 0 Å². The fourth-order valence-electron chi connectivity index (χ4n) is 3.46. The van der Waals surface area contributed by atoms with Crippen LogP contribution in [0.2, 0.25) is 0 Å². The SMILES string of the molecule is C=C(C)C(=O)Oc1ccc(/C(CCC)=C(\CC)c2ccc(OC(=O)C(=C)C)c(OC(=O)C(=C)C)c2)cc1. The molecule has 0 aliphatic heterocycles. The molecule has 194 valence electrons. The van der Waals surface area contributed by atoms with Crippen molar-refractivity contribution in [2.24, 2.45) is 0 Å². The van der Waals surface area contributed by atoms with E-state index < -0.39 is 17.9 Å². The zero-order chi connectivity index (χ0) is 27.7. The fourth-order valence-corrected chi connectivity index (χ4v) is 3.46. The zero-order valence-corrected chi connectivity index (χ0v) is 22.2. The highest BCUT2D eigenvalue weighted by Crippen LogP contribution is 2.38. The minimum absolute atomic E-state index is 0.113. The Balaban J connectivity index is 2.58. The molecule has 2 aromatic carbocycles. The largest absolute Gasteiger partial charge is 0.423 e. The third-order valence-corrected chi connectivity index (χ3v) is 5.37. The predicted molar refractivity (Wildman–Crippen MR) is 146 cm³/mol. The molecule has 0 saturated heterocycles. The molecule has 0 aromatic heterocycles. The summed E-state index contributed by atoms with van der Waals surface area (Å²) in [5, 5.41) is 0. The molecule has 0 aliphatic rings. The van der Waals surface area contributed by atoms with Crippen LogP contribution in [0, 0.1) is 0 Å². The summed E-state index contributed by atoms with van der Waals surface area (Å²) in [5.74, 6) is -1.06. The van der Waals surface area contributed by atoms with Crippen molar-refractivity contribution in [2.75, 3.05) is 0 Å². The highest BCUT2D eigenvalue weighted by Gasteiger charge is 2.18. The Kier molecular flexibility index (Phi) is 10.4. The number of carbonyl (C=O) groups is 3. The number of carbonyl (C=O) groups excluding carboxylic acids is 3. The molecule has 0 spiro atoms. The second-order valence-electron chi connectivity index (χ2n) is 8.76. The van der Waals surface area contributed by atoms with Crippen LogP contribution in [0.1, 0.15) is 65.0 Å². The lowest BCUT2D eigenvalue weighted by Gasteiger charge is -2.18. The standard InChI is InChI=1S/C31H34O6/c1-9-11-26(22-12-15-24(16-13-22)35-29(32)19(3)4)25(10-2)23-14-17-27(36-30(33)20(5)6)28(18-23)37-31(34)21(7)8/h12-18H,3,5,7,9-11H2,1-2,4,6,8H3/b26-25+. The Bertz CT molecular complexity index is 1260. The van der Waals surface area contributed by atoms with Crippen molar-refractivity contribution in [1.29, 1.82) is 0 Å². The molecule has 0 heterocycles. The first-order valence-corrected chi connectivity index (χ1v) is 12.1. The fraction of sp³-hybridized carbons (Fsp3) is 0.258. The topological polar surface area (TPSA) is 78.9 Å². The van der Waals surface area contributed by atoms with E-state index in [1.165, 1.54) is 6.92 Å². The van der Waals surface area contributed by atoms with E-state index in [1.807, 2.05) is 25.1 Å². The van der Waals surface area contributed by atoms with Gasteiger partial charge in [0, 0.05) is 16.7 Å². The van der Waals surface area contributed by atoms with E-state index in [0.717, 1.165) is 35.1 Å². The van der Waals surface area contributed by atoms with Crippen molar-refractivity contribution in [1.82, 2.24) is 0 Å². The van der Waals surface area contributed by atoms with Crippen LogP contribution in [0.3, 0.4) is 0 Å². The third-order valence-electron chi connectivity index (χ3n) is 5.37. The molecule has 6 nitrogen and oxygen atoms in total. The van der Waals surface area contributed by atoms with Gasteiger partial charge in [0.25, 0.3) is 0 Å². The van der Waals surface area contributed by atoms with E-state index in [1.54, 1.807) is 38.1 Å². The molecule has 0 fully saturated rings. The first-order chi connectivity index (χ1) is 17.5. The average Bonchev–Trinajstić information content (AvgIpc) is 2.85. The molecule has 6 heteroatoms. The predicted octanol–water partition coefficient (Wildman–Crippen LogP) is 7.25. The molecule has 37 heavy (non-hydrogen) atoms. The van der Waals surface area contributed by atoms with Gasteiger partial charge >= 0.3 is 17.9 Å². The Morgan fingerprint density at radius 3 is 1.62 bits per heavy atom. The Labute approximate surface area is 218 Å². The van der Waals surface area contributed by atoms with Crippen LogP contribution in [0.4, 0.5) is 0 Å². The molecule has 0 unspecified atom stereocenters. The van der Waals surface area contributed by atoms with Gasteiger partial charge in [-0.05, 0) is 80.2 Å². The van der Waals surface area contributed by atoms with Crippen molar-refractivity contribution >= 4 is 29.1 Å². The maximum Gasteiger partial charge on any atom is 0.338 e. The summed E-state index contributed by atoms with van der Waals surface area (Å²) in [6.45, 7) is 19.6. The molecule has 2 rings (SSSR count). The van der Waals surface area contributed by atoms with Gasteiger partial charge in [0.15, 0.2) is 11.5 Å². The van der Waals surface area contributed by atoms with E-state index in [-0.39, 0.29) is 22.6 Å². The molecule has 0 atom stereocenters. The Morgan fingerprint density at radius 2 is 1.14 bits per heavy atom. The van der Waals surface area contributed by atoms with E-state index in [9.17, 15) is 14.4 Å². The normalized spacial score (nSPS) is 11.2. The van der Waals surface area contributed by atoms with Crippen LogP contribution in [0.25, 0.3) is 11.1 Å². The van der Waals surface area contributed by atoms with E-state index in [2.05, 4.69) is 26.7 Å². The van der Waals surface area contributed by atoms with Gasteiger partial charge < -0.3 is 14.2 Å². The van der Waals surface area contributed by atoms with E-state index >= 15 is 0 Å². The highest BCUT2D eigenvalue weighted by atomic mass is 16.6. The Morgan fingerprint density at radius 1 is 0.649 bits per heavy atom. The maximum absolute atomic E-state index is 12.3. The van der Waals surface area contributed by atoms with Crippen LogP contribution in [0.5, 0.6) is 17.2 Å². The molecule has 0 amide bonds. The molecular weight excluding hydrogens is 468 g/mol. The highest BCUT2D eigenvalue weighted by molar-refractivity contribution is 5.94. The average molecular weight is 503 g/mol. The van der Waals surface area contributed by atoms with Gasteiger partial charge in [-0.15, -0.1) is 0 Å². The Hall–Kier alpha value is -4.19. The second kappa shape index (κ2) is 13.2. The summed E-state index contributed by atoms with van der Waals surface area (Å²) >= 11 is 0. The molecule has 2 aromatic rings. The first-order valence-electron chi connectivity index (χ1n) is 12.1. The first kappa shape index (κ1) is 29.0. The summed E-state index contributed by atoms with van der Waals surface area (Å²) < 4.78 is 16.2. The molecule has 0 N–H and O–H groups in total. The number of allylic oxidation sites excluding steroid dienone is 2. The maximum atomic E-state index is 12.3. The van der Waals surface area contributed by atoms with Gasteiger partial charge in [-0.1, -0.05) is 58.2 Å². The number of esters is 3. The van der Waals surface area contributed by atoms with Crippen molar-refractivity contribution in [3.05, 3.63) is 90.0 Å². The number of hydrogen-bond acceptors (Lipinski definition) is 6. The van der Waals surface area contributed by atoms with Gasteiger partial charge in [-0.25, -0.2) is 14.4 Å². The van der Waals surface area contributed by atoms with Gasteiger partial charge in [-0.2, -0.15) is 0 Å². The minimum atomic E-state index is -0.625. The second-order valence-corrected chi connectivity index (χ2v) is 8.76. The molecule has 0 bridgehead atoms. The van der Waals surface area contributed by atoms with Crippen molar-refractivity contribution in [2.45, 2.75) is 53.9 Å². The van der Waals surface area contributed by atoms with E-state index in [0.29, 0.717) is 17.7 Å². The van der Waals surface area contributed by atoms with Crippen LogP contribution < -0.4 is 14.2 Å². The lowest BCUT2D eigenvalue weighted by atomic mass is 9.90. The van der Waals surface area contributed by atoms with Crippen molar-refractivity contribution in [3.8, 4) is 17.2 Å². The monoisotopic (exact) mass is 502 g/mol. The van der Waals surface area contributed by atoms with Crippen molar-refractivity contribution in [3.63, 3.8) is 0 Å². The molecular formula is C31H34O6. The molecule has 0 radical (unpaired) electrons. The number of rotatable bonds is 11. The van der Waals surface area contributed by atoms with Crippen molar-refractivity contribution < 1.29 is 28.6 Å². The quantitative estimate of drug-likeness (QED) is 0.139. The molecule has 0 aliphatic carbocycles. The van der Waals surface area contributed by atoms with Gasteiger partial charge in [0.2, 0.25) is 0 Å². The molecule has 0 saturated carbocycles. The van der Waals surface area contributed by atoms with Crippen LogP contribution in [-0.4, -0.2) is 17.9 Å². The number of ether oxygens (including phenoxy) is 3. The summed E-state index contributed by atoms with van der Waals surface area (Å²) in [4.78, 5) is 36.3. The number of hydrogen-bond donors (Lipinski definition) is 0. The summed E-state index contributed by atoms with van der Waals surface area (Å²) in [5.41, 5.74) is 4.71.